The molecule has 0 bridgehead atoms. The topological polar surface area (TPSA) is 26.3 Å². The van der Waals surface area contributed by atoms with E-state index in [1.165, 1.54) is 13.0 Å². The molecule has 0 aromatic rings. The van der Waals surface area contributed by atoms with Gasteiger partial charge in [0, 0.05) is 6.08 Å². The van der Waals surface area contributed by atoms with Gasteiger partial charge in [-0.05, 0) is 32.1 Å². The fourth-order valence-corrected chi connectivity index (χ4v) is 1.35. The van der Waals surface area contributed by atoms with Crippen LogP contribution >= 0.6 is 0 Å². The van der Waals surface area contributed by atoms with Crippen LogP contribution in [0.3, 0.4) is 0 Å². The first-order valence-electron chi connectivity index (χ1n) is 5.29. The molecule has 0 aromatic carbocycles. The molecule has 0 amide bonds. The predicted octanol–water partition coefficient (Wildman–Crippen LogP) is 3.18. The molecular formula is C12H22O2. The van der Waals surface area contributed by atoms with Gasteiger partial charge in [-0.25, -0.2) is 0 Å². The number of ketones is 1. The molecule has 0 aliphatic carbocycles. The molecule has 82 valence electrons. The molecule has 0 heterocycles. The van der Waals surface area contributed by atoms with Crippen molar-refractivity contribution in [3.05, 3.63) is 11.8 Å². The van der Waals surface area contributed by atoms with Gasteiger partial charge in [-0.1, -0.05) is 20.8 Å². The van der Waals surface area contributed by atoms with E-state index in [-0.39, 0.29) is 5.78 Å². The van der Waals surface area contributed by atoms with Gasteiger partial charge in [0.1, 0.15) is 0 Å². The van der Waals surface area contributed by atoms with Crippen molar-refractivity contribution in [2.75, 3.05) is 6.61 Å². The summed E-state index contributed by atoms with van der Waals surface area (Å²) in [5.41, 5.74) is 0. The zero-order valence-corrected chi connectivity index (χ0v) is 9.96. The van der Waals surface area contributed by atoms with E-state index >= 15 is 0 Å². The van der Waals surface area contributed by atoms with Crippen molar-refractivity contribution in [1.82, 2.24) is 0 Å². The lowest BCUT2D eigenvalue weighted by atomic mass is 9.94. The highest BCUT2D eigenvalue weighted by atomic mass is 16.5. The summed E-state index contributed by atoms with van der Waals surface area (Å²) >= 11 is 0. The fraction of sp³-hybridized carbons (Fsp3) is 0.750. The van der Waals surface area contributed by atoms with Gasteiger partial charge in [0.15, 0.2) is 5.78 Å². The van der Waals surface area contributed by atoms with Crippen molar-refractivity contribution in [1.29, 1.82) is 0 Å². The first kappa shape index (κ1) is 13.2. The fourth-order valence-electron chi connectivity index (χ4n) is 1.35. The Hall–Kier alpha value is -0.790. The second kappa shape index (κ2) is 6.63. The monoisotopic (exact) mass is 198 g/mol. The van der Waals surface area contributed by atoms with Crippen molar-refractivity contribution in [2.24, 2.45) is 11.8 Å². The lowest BCUT2D eigenvalue weighted by molar-refractivity contribution is -0.112. The van der Waals surface area contributed by atoms with Crippen LogP contribution in [0.2, 0.25) is 0 Å². The number of carbonyl (C=O) groups is 1. The van der Waals surface area contributed by atoms with Crippen LogP contribution in [-0.4, -0.2) is 12.4 Å². The third kappa shape index (κ3) is 5.79. The molecule has 0 aliphatic heterocycles. The average molecular weight is 198 g/mol. The Labute approximate surface area is 87.3 Å². The molecule has 0 N–H and O–H groups in total. The molecule has 0 unspecified atom stereocenters. The SMILES string of the molecule is CC[C@H](CO/C(C)=C\C(C)=O)C(C)C. The maximum atomic E-state index is 10.7. The van der Waals surface area contributed by atoms with Crippen LogP contribution in [0.4, 0.5) is 0 Å². The minimum atomic E-state index is 0.0418. The highest BCUT2D eigenvalue weighted by Gasteiger charge is 2.11. The van der Waals surface area contributed by atoms with Gasteiger partial charge in [0.05, 0.1) is 12.4 Å². The Bertz CT molecular complexity index is 204. The lowest BCUT2D eigenvalue weighted by Crippen LogP contribution is -2.14. The standard InChI is InChI=1S/C12H22O2/c1-6-12(9(2)3)8-14-11(5)7-10(4)13/h7,9,12H,6,8H2,1-5H3/b11-7-/t12-/m1/s1. The van der Waals surface area contributed by atoms with Gasteiger partial charge in [0.25, 0.3) is 0 Å². The lowest BCUT2D eigenvalue weighted by Gasteiger charge is -2.19. The number of allylic oxidation sites excluding steroid dienone is 2. The van der Waals surface area contributed by atoms with E-state index in [2.05, 4.69) is 20.8 Å². The van der Waals surface area contributed by atoms with E-state index in [4.69, 9.17) is 4.74 Å². The smallest absolute Gasteiger partial charge is 0.155 e. The Morgan fingerprint density at radius 2 is 1.93 bits per heavy atom. The number of carbonyl (C=O) groups excluding carboxylic acids is 1. The predicted molar refractivity (Wildman–Crippen MR) is 59.0 cm³/mol. The molecule has 1 atom stereocenters. The van der Waals surface area contributed by atoms with E-state index in [0.717, 1.165) is 12.2 Å². The van der Waals surface area contributed by atoms with Crippen molar-refractivity contribution in [3.63, 3.8) is 0 Å². The summed E-state index contributed by atoms with van der Waals surface area (Å²) in [4.78, 5) is 10.7. The summed E-state index contributed by atoms with van der Waals surface area (Å²) in [6.45, 7) is 10.6. The largest absolute Gasteiger partial charge is 0.498 e. The van der Waals surface area contributed by atoms with E-state index in [9.17, 15) is 4.79 Å². The Morgan fingerprint density at radius 3 is 2.29 bits per heavy atom. The number of rotatable bonds is 6. The van der Waals surface area contributed by atoms with Gasteiger partial charge in [0.2, 0.25) is 0 Å². The minimum absolute atomic E-state index is 0.0418. The highest BCUT2D eigenvalue weighted by Crippen LogP contribution is 2.16. The molecule has 0 radical (unpaired) electrons. The van der Waals surface area contributed by atoms with Gasteiger partial charge in [-0.15, -0.1) is 0 Å². The molecule has 2 nitrogen and oxygen atoms in total. The van der Waals surface area contributed by atoms with Crippen molar-refractivity contribution < 1.29 is 9.53 Å². The van der Waals surface area contributed by atoms with Crippen molar-refractivity contribution >= 4 is 5.78 Å². The molecular weight excluding hydrogens is 176 g/mol. The van der Waals surface area contributed by atoms with Crippen LogP contribution in [0.25, 0.3) is 0 Å². The maximum Gasteiger partial charge on any atom is 0.155 e. The normalized spacial score (nSPS) is 14.3. The van der Waals surface area contributed by atoms with Crippen LogP contribution in [0.5, 0.6) is 0 Å². The number of hydrogen-bond acceptors (Lipinski definition) is 2. The van der Waals surface area contributed by atoms with Crippen LogP contribution < -0.4 is 0 Å². The van der Waals surface area contributed by atoms with Gasteiger partial charge in [-0.2, -0.15) is 0 Å². The molecule has 0 saturated carbocycles. The Kier molecular flexibility index (Phi) is 6.26. The summed E-state index contributed by atoms with van der Waals surface area (Å²) < 4.78 is 5.51. The third-order valence-corrected chi connectivity index (χ3v) is 2.40. The first-order chi connectivity index (χ1) is 6.47. The third-order valence-electron chi connectivity index (χ3n) is 2.40. The molecule has 0 saturated heterocycles. The molecule has 2 heteroatoms. The second-order valence-electron chi connectivity index (χ2n) is 4.09. The minimum Gasteiger partial charge on any atom is -0.498 e. The number of hydrogen-bond donors (Lipinski definition) is 0. The van der Waals surface area contributed by atoms with Gasteiger partial charge < -0.3 is 4.74 Å². The first-order valence-corrected chi connectivity index (χ1v) is 5.29. The highest BCUT2D eigenvalue weighted by molar-refractivity contribution is 5.87. The van der Waals surface area contributed by atoms with Crippen LogP contribution in [0.1, 0.15) is 41.0 Å². The van der Waals surface area contributed by atoms with Crippen LogP contribution in [0, 0.1) is 11.8 Å². The molecule has 0 spiro atoms. The molecule has 0 fully saturated rings. The van der Waals surface area contributed by atoms with Crippen molar-refractivity contribution in [2.45, 2.75) is 41.0 Å². The average Bonchev–Trinajstić information content (AvgIpc) is 2.03. The van der Waals surface area contributed by atoms with E-state index in [0.29, 0.717) is 18.4 Å². The van der Waals surface area contributed by atoms with E-state index in [1.54, 1.807) is 0 Å². The van der Waals surface area contributed by atoms with E-state index < -0.39 is 0 Å². The van der Waals surface area contributed by atoms with Gasteiger partial charge in [-0.3, -0.25) is 4.79 Å². The summed E-state index contributed by atoms with van der Waals surface area (Å²) in [5.74, 6) is 1.96. The maximum absolute atomic E-state index is 10.7. The van der Waals surface area contributed by atoms with Gasteiger partial charge >= 0.3 is 0 Å². The van der Waals surface area contributed by atoms with Crippen LogP contribution in [0.15, 0.2) is 11.8 Å². The zero-order chi connectivity index (χ0) is 11.1. The van der Waals surface area contributed by atoms with Crippen molar-refractivity contribution in [3.8, 4) is 0 Å². The molecule has 14 heavy (non-hydrogen) atoms. The Morgan fingerprint density at radius 1 is 1.36 bits per heavy atom. The Balaban J connectivity index is 3.97. The number of ether oxygens (including phenoxy) is 1. The zero-order valence-electron chi connectivity index (χ0n) is 9.96. The summed E-state index contributed by atoms with van der Waals surface area (Å²) in [6, 6.07) is 0. The van der Waals surface area contributed by atoms with E-state index in [1.807, 2.05) is 6.92 Å². The second-order valence-corrected chi connectivity index (χ2v) is 4.09. The molecule has 0 aliphatic rings. The molecule has 0 rings (SSSR count). The summed E-state index contributed by atoms with van der Waals surface area (Å²) in [6.07, 6.45) is 2.65. The summed E-state index contributed by atoms with van der Waals surface area (Å²) in [7, 11) is 0. The van der Waals surface area contributed by atoms with Crippen LogP contribution in [-0.2, 0) is 9.53 Å². The summed E-state index contributed by atoms with van der Waals surface area (Å²) in [5, 5.41) is 0. The quantitative estimate of drug-likeness (QED) is 0.484. The molecule has 0 aromatic heterocycles.